The van der Waals surface area contributed by atoms with Crippen molar-refractivity contribution in [2.24, 2.45) is 0 Å². The van der Waals surface area contributed by atoms with E-state index in [1.54, 1.807) is 0 Å². The van der Waals surface area contributed by atoms with Gasteiger partial charge < -0.3 is 9.64 Å². The van der Waals surface area contributed by atoms with Crippen LogP contribution < -0.4 is 4.90 Å². The van der Waals surface area contributed by atoms with Gasteiger partial charge in [0.15, 0.2) is 0 Å². The summed E-state index contributed by atoms with van der Waals surface area (Å²) in [5.41, 5.74) is 2.44. The maximum absolute atomic E-state index is 12.8. The Morgan fingerprint density at radius 1 is 0.811 bits per heavy atom. The van der Waals surface area contributed by atoms with E-state index in [9.17, 15) is 18.0 Å². The number of esters is 1. The van der Waals surface area contributed by atoms with Crippen molar-refractivity contribution < 1.29 is 22.7 Å². The standard InChI is InChI=1S/C30H33F3N2O2/c1-29(28(36)37-2,25-7-4-3-5-8-25)17-6-18-34-19-21-35(22-20-34)27-15-11-24(12-16-27)23-9-13-26(14-10-23)30(31,32)33/h3-5,7-16H,6,17-22H2,1-2H3. The summed E-state index contributed by atoms with van der Waals surface area (Å²) in [6.07, 6.45) is -2.72. The first-order valence-electron chi connectivity index (χ1n) is 12.6. The Bertz CT molecular complexity index is 1160. The Morgan fingerprint density at radius 2 is 1.38 bits per heavy atom. The second-order valence-corrected chi connectivity index (χ2v) is 9.74. The summed E-state index contributed by atoms with van der Waals surface area (Å²) < 4.78 is 43.6. The Morgan fingerprint density at radius 3 is 1.92 bits per heavy atom. The highest BCUT2D eigenvalue weighted by Gasteiger charge is 2.36. The van der Waals surface area contributed by atoms with E-state index in [-0.39, 0.29) is 5.97 Å². The number of carbonyl (C=O) groups is 1. The summed E-state index contributed by atoms with van der Waals surface area (Å²) >= 11 is 0. The van der Waals surface area contributed by atoms with E-state index >= 15 is 0 Å². The van der Waals surface area contributed by atoms with Crippen LogP contribution in [-0.4, -0.2) is 50.7 Å². The Labute approximate surface area is 216 Å². The molecule has 1 saturated heterocycles. The molecule has 0 radical (unpaired) electrons. The molecule has 3 aromatic rings. The average molecular weight is 511 g/mol. The van der Waals surface area contributed by atoms with Crippen molar-refractivity contribution in [3.8, 4) is 11.1 Å². The zero-order chi connectivity index (χ0) is 26.5. The molecular weight excluding hydrogens is 477 g/mol. The molecule has 0 N–H and O–H groups in total. The molecule has 4 nitrogen and oxygen atoms in total. The van der Waals surface area contributed by atoms with Gasteiger partial charge in [0.2, 0.25) is 0 Å². The normalized spacial score (nSPS) is 16.3. The van der Waals surface area contributed by atoms with Crippen LogP contribution in [0.2, 0.25) is 0 Å². The third kappa shape index (κ3) is 6.34. The number of piperazine rings is 1. The topological polar surface area (TPSA) is 32.8 Å². The van der Waals surface area contributed by atoms with Crippen molar-refractivity contribution in [1.82, 2.24) is 4.90 Å². The van der Waals surface area contributed by atoms with Crippen molar-refractivity contribution in [3.63, 3.8) is 0 Å². The van der Waals surface area contributed by atoms with Gasteiger partial charge in [-0.25, -0.2) is 0 Å². The number of nitrogens with zero attached hydrogens (tertiary/aromatic N) is 2. The monoisotopic (exact) mass is 510 g/mol. The van der Waals surface area contributed by atoms with Crippen molar-refractivity contribution in [3.05, 3.63) is 90.0 Å². The molecule has 1 fully saturated rings. The zero-order valence-corrected chi connectivity index (χ0v) is 21.3. The van der Waals surface area contributed by atoms with Gasteiger partial charge in [0, 0.05) is 31.9 Å². The van der Waals surface area contributed by atoms with E-state index in [0.29, 0.717) is 0 Å². The summed E-state index contributed by atoms with van der Waals surface area (Å²) in [7, 11) is 1.44. The fraction of sp³-hybridized carbons (Fsp3) is 0.367. The van der Waals surface area contributed by atoms with Gasteiger partial charge in [-0.1, -0.05) is 54.6 Å². The summed E-state index contributed by atoms with van der Waals surface area (Å²) in [5.74, 6) is -0.205. The van der Waals surface area contributed by atoms with Crippen molar-refractivity contribution in [1.29, 1.82) is 0 Å². The van der Waals surface area contributed by atoms with E-state index in [2.05, 4.69) is 9.80 Å². The molecule has 1 atom stereocenters. The van der Waals surface area contributed by atoms with Crippen LogP contribution >= 0.6 is 0 Å². The lowest BCUT2D eigenvalue weighted by molar-refractivity contribution is -0.147. The van der Waals surface area contributed by atoms with Crippen LogP contribution in [0.5, 0.6) is 0 Å². The van der Waals surface area contributed by atoms with Crippen LogP contribution in [0.1, 0.15) is 30.9 Å². The molecule has 196 valence electrons. The number of ether oxygens (including phenoxy) is 1. The predicted octanol–water partition coefficient (Wildman–Crippen LogP) is 6.41. The zero-order valence-electron chi connectivity index (χ0n) is 21.3. The SMILES string of the molecule is COC(=O)C(C)(CCCN1CCN(c2ccc(-c3ccc(C(F)(F)F)cc3)cc2)CC1)c1ccccc1. The van der Waals surface area contributed by atoms with Crippen molar-refractivity contribution in [2.75, 3.05) is 44.7 Å². The van der Waals surface area contributed by atoms with E-state index in [0.717, 1.165) is 80.1 Å². The molecule has 0 amide bonds. The highest BCUT2D eigenvalue weighted by Crippen LogP contribution is 2.32. The number of rotatable bonds is 8. The minimum absolute atomic E-state index is 0.205. The highest BCUT2D eigenvalue weighted by molar-refractivity contribution is 5.82. The second kappa shape index (κ2) is 11.4. The van der Waals surface area contributed by atoms with Gasteiger partial charge in [0.05, 0.1) is 18.1 Å². The number of halogens is 3. The minimum Gasteiger partial charge on any atom is -0.468 e. The third-order valence-corrected chi connectivity index (χ3v) is 7.35. The summed E-state index contributed by atoms with van der Waals surface area (Å²) in [4.78, 5) is 17.4. The Kier molecular flexibility index (Phi) is 8.22. The molecule has 7 heteroatoms. The fourth-order valence-corrected chi connectivity index (χ4v) is 5.00. The fourth-order valence-electron chi connectivity index (χ4n) is 5.00. The lowest BCUT2D eigenvalue weighted by Gasteiger charge is -2.36. The first-order valence-corrected chi connectivity index (χ1v) is 12.6. The van der Waals surface area contributed by atoms with Gasteiger partial charge in [-0.05, 0) is 67.3 Å². The molecule has 37 heavy (non-hydrogen) atoms. The van der Waals surface area contributed by atoms with Gasteiger partial charge in [-0.2, -0.15) is 13.2 Å². The maximum Gasteiger partial charge on any atom is 0.416 e. The smallest absolute Gasteiger partial charge is 0.416 e. The number of alkyl halides is 3. The van der Waals surface area contributed by atoms with Crippen molar-refractivity contribution in [2.45, 2.75) is 31.4 Å². The third-order valence-electron chi connectivity index (χ3n) is 7.35. The van der Waals surface area contributed by atoms with Gasteiger partial charge >= 0.3 is 12.1 Å². The predicted molar refractivity (Wildman–Crippen MR) is 141 cm³/mol. The first-order chi connectivity index (χ1) is 17.7. The number of benzene rings is 3. The lowest BCUT2D eigenvalue weighted by atomic mass is 9.78. The van der Waals surface area contributed by atoms with Crippen molar-refractivity contribution >= 4 is 11.7 Å². The number of hydrogen-bond donors (Lipinski definition) is 0. The molecule has 1 aliphatic heterocycles. The second-order valence-electron chi connectivity index (χ2n) is 9.74. The summed E-state index contributed by atoms with van der Waals surface area (Å²) in [6, 6.07) is 23.1. The van der Waals surface area contributed by atoms with E-state index in [1.807, 2.05) is 61.5 Å². The van der Waals surface area contributed by atoms with Crippen LogP contribution in [0, 0.1) is 0 Å². The largest absolute Gasteiger partial charge is 0.468 e. The molecule has 1 aliphatic rings. The van der Waals surface area contributed by atoms with Gasteiger partial charge in [0.1, 0.15) is 0 Å². The van der Waals surface area contributed by atoms with E-state index in [4.69, 9.17) is 4.74 Å². The van der Waals surface area contributed by atoms with Crippen LogP contribution in [0.15, 0.2) is 78.9 Å². The minimum atomic E-state index is -4.33. The molecular formula is C30H33F3N2O2. The van der Waals surface area contributed by atoms with E-state index < -0.39 is 17.2 Å². The summed E-state index contributed by atoms with van der Waals surface area (Å²) in [6.45, 7) is 6.53. The molecule has 0 bridgehead atoms. The molecule has 0 spiro atoms. The van der Waals surface area contributed by atoms with E-state index in [1.165, 1.54) is 19.2 Å². The number of methoxy groups -OCH3 is 1. The molecule has 1 unspecified atom stereocenters. The maximum atomic E-state index is 12.8. The quantitative estimate of drug-likeness (QED) is 0.328. The van der Waals surface area contributed by atoms with Crippen LogP contribution in [0.25, 0.3) is 11.1 Å². The average Bonchev–Trinajstić information content (AvgIpc) is 2.93. The summed E-state index contributed by atoms with van der Waals surface area (Å²) in [5, 5.41) is 0. The molecule has 4 rings (SSSR count). The van der Waals surface area contributed by atoms with Gasteiger partial charge in [0.25, 0.3) is 0 Å². The van der Waals surface area contributed by atoms with Crippen LogP contribution in [0.3, 0.4) is 0 Å². The number of hydrogen-bond acceptors (Lipinski definition) is 4. The first kappa shape index (κ1) is 26.7. The molecule has 1 heterocycles. The molecule has 3 aromatic carbocycles. The Hall–Kier alpha value is -3.32. The van der Waals surface area contributed by atoms with Gasteiger partial charge in [-0.3, -0.25) is 9.69 Å². The van der Waals surface area contributed by atoms with Gasteiger partial charge in [-0.15, -0.1) is 0 Å². The molecule has 0 aliphatic carbocycles. The lowest BCUT2D eigenvalue weighted by Crippen LogP contribution is -2.47. The molecule has 0 saturated carbocycles. The van der Waals surface area contributed by atoms with Crippen LogP contribution in [0.4, 0.5) is 18.9 Å². The highest BCUT2D eigenvalue weighted by atomic mass is 19.4. The van der Waals surface area contributed by atoms with Crippen LogP contribution in [-0.2, 0) is 21.1 Å². The number of anilines is 1. The number of carbonyl (C=O) groups excluding carboxylic acids is 1. The molecule has 0 aromatic heterocycles. The Balaban J connectivity index is 1.29.